The molecule has 1 aliphatic rings. The highest BCUT2D eigenvalue weighted by Gasteiger charge is 2.26. The number of hydrogen-bond donors (Lipinski definition) is 0. The van der Waals surface area contributed by atoms with Crippen molar-refractivity contribution in [2.75, 3.05) is 25.2 Å². The smallest absolute Gasteiger partial charge is 0.309 e. The standard InChI is InChI=1S/C11H17NO4S/c1-8(11(15)16-2)6-17-7-10(14)12-5-3-4-9(12)13/h8H,3-7H2,1-2H3. The van der Waals surface area contributed by atoms with Crippen molar-refractivity contribution >= 4 is 29.5 Å². The van der Waals surface area contributed by atoms with Crippen LogP contribution in [0.5, 0.6) is 0 Å². The third kappa shape index (κ3) is 4.03. The second kappa shape index (κ2) is 6.64. The number of thioether (sulfide) groups is 1. The third-order valence-electron chi connectivity index (χ3n) is 2.57. The van der Waals surface area contributed by atoms with Crippen molar-refractivity contribution in [2.24, 2.45) is 5.92 Å². The predicted molar refractivity (Wildman–Crippen MR) is 64.5 cm³/mol. The maximum absolute atomic E-state index is 11.6. The van der Waals surface area contributed by atoms with Gasteiger partial charge in [-0.25, -0.2) is 0 Å². The van der Waals surface area contributed by atoms with Crippen molar-refractivity contribution in [2.45, 2.75) is 19.8 Å². The first kappa shape index (κ1) is 14.0. The third-order valence-corrected chi connectivity index (χ3v) is 3.76. The Kier molecular flexibility index (Phi) is 5.47. The Morgan fingerprint density at radius 1 is 1.53 bits per heavy atom. The first-order valence-electron chi connectivity index (χ1n) is 5.55. The van der Waals surface area contributed by atoms with Gasteiger partial charge in [0, 0.05) is 18.7 Å². The molecule has 2 amide bonds. The molecule has 5 nitrogen and oxygen atoms in total. The normalized spacial score (nSPS) is 17.1. The summed E-state index contributed by atoms with van der Waals surface area (Å²) in [6.07, 6.45) is 1.22. The number of ether oxygens (including phenoxy) is 1. The summed E-state index contributed by atoms with van der Waals surface area (Å²) in [5, 5.41) is 0. The molecule has 0 spiro atoms. The summed E-state index contributed by atoms with van der Waals surface area (Å²) < 4.78 is 4.58. The number of esters is 1. The fourth-order valence-corrected chi connectivity index (χ4v) is 2.52. The van der Waals surface area contributed by atoms with E-state index in [2.05, 4.69) is 4.74 Å². The van der Waals surface area contributed by atoms with Crippen molar-refractivity contribution in [3.8, 4) is 0 Å². The quantitative estimate of drug-likeness (QED) is 0.679. The van der Waals surface area contributed by atoms with Crippen LogP contribution in [0, 0.1) is 5.92 Å². The van der Waals surface area contributed by atoms with E-state index in [1.807, 2.05) is 0 Å². The number of imide groups is 1. The minimum absolute atomic E-state index is 0.0865. The lowest BCUT2D eigenvalue weighted by Crippen LogP contribution is -2.33. The zero-order valence-corrected chi connectivity index (χ0v) is 10.9. The monoisotopic (exact) mass is 259 g/mol. The summed E-state index contributed by atoms with van der Waals surface area (Å²) in [7, 11) is 1.34. The maximum Gasteiger partial charge on any atom is 0.309 e. The van der Waals surface area contributed by atoms with E-state index in [0.717, 1.165) is 6.42 Å². The van der Waals surface area contributed by atoms with E-state index in [9.17, 15) is 14.4 Å². The number of hydrogen-bond acceptors (Lipinski definition) is 5. The number of amides is 2. The molecule has 1 heterocycles. The Morgan fingerprint density at radius 2 is 2.24 bits per heavy atom. The van der Waals surface area contributed by atoms with Crippen LogP contribution in [0.1, 0.15) is 19.8 Å². The fraction of sp³-hybridized carbons (Fsp3) is 0.727. The van der Waals surface area contributed by atoms with Crippen molar-refractivity contribution in [3.05, 3.63) is 0 Å². The fourth-order valence-electron chi connectivity index (χ4n) is 1.58. The van der Waals surface area contributed by atoms with Gasteiger partial charge in [0.1, 0.15) is 0 Å². The number of methoxy groups -OCH3 is 1. The summed E-state index contributed by atoms with van der Waals surface area (Å²) in [4.78, 5) is 35.3. The van der Waals surface area contributed by atoms with Crippen LogP contribution in [0.4, 0.5) is 0 Å². The van der Waals surface area contributed by atoms with Gasteiger partial charge in [-0.05, 0) is 6.42 Å². The van der Waals surface area contributed by atoms with Gasteiger partial charge in [0.2, 0.25) is 11.8 Å². The van der Waals surface area contributed by atoms with Gasteiger partial charge >= 0.3 is 5.97 Å². The van der Waals surface area contributed by atoms with Crippen LogP contribution in [-0.4, -0.2) is 47.8 Å². The lowest BCUT2D eigenvalue weighted by molar-refractivity contribution is -0.144. The molecule has 0 aliphatic carbocycles. The van der Waals surface area contributed by atoms with Crippen LogP contribution in [0.15, 0.2) is 0 Å². The van der Waals surface area contributed by atoms with E-state index in [1.165, 1.54) is 23.8 Å². The largest absolute Gasteiger partial charge is 0.469 e. The molecule has 0 aromatic rings. The predicted octanol–water partition coefficient (Wildman–Crippen LogP) is 0.678. The average molecular weight is 259 g/mol. The molecule has 1 rings (SSSR count). The minimum Gasteiger partial charge on any atom is -0.469 e. The Balaban J connectivity index is 2.24. The minimum atomic E-state index is -0.276. The average Bonchev–Trinajstić information content (AvgIpc) is 2.74. The first-order valence-corrected chi connectivity index (χ1v) is 6.70. The molecule has 0 radical (unpaired) electrons. The molecule has 0 saturated carbocycles. The van der Waals surface area contributed by atoms with E-state index < -0.39 is 0 Å². The number of carbonyl (C=O) groups is 3. The highest BCUT2D eigenvalue weighted by Crippen LogP contribution is 2.14. The van der Waals surface area contributed by atoms with Gasteiger partial charge in [0.15, 0.2) is 0 Å². The second-order valence-electron chi connectivity index (χ2n) is 3.98. The molecule has 1 unspecified atom stereocenters. The summed E-state index contributed by atoms with van der Waals surface area (Å²) >= 11 is 1.36. The number of likely N-dealkylation sites (tertiary alicyclic amines) is 1. The molecule has 1 atom stereocenters. The molecule has 1 fully saturated rings. The Hall–Kier alpha value is -1.04. The van der Waals surface area contributed by atoms with Crippen molar-refractivity contribution < 1.29 is 19.1 Å². The molecule has 0 N–H and O–H groups in total. The molecule has 0 aromatic heterocycles. The number of carbonyl (C=O) groups excluding carboxylic acids is 3. The highest BCUT2D eigenvalue weighted by molar-refractivity contribution is 7.99. The van der Waals surface area contributed by atoms with E-state index >= 15 is 0 Å². The van der Waals surface area contributed by atoms with Gasteiger partial charge in [-0.1, -0.05) is 6.92 Å². The molecule has 96 valence electrons. The van der Waals surface area contributed by atoms with Crippen LogP contribution < -0.4 is 0 Å². The van der Waals surface area contributed by atoms with Gasteiger partial charge in [-0.15, -0.1) is 0 Å². The molecule has 6 heteroatoms. The topological polar surface area (TPSA) is 63.7 Å². The molecule has 1 saturated heterocycles. The van der Waals surface area contributed by atoms with Gasteiger partial charge < -0.3 is 4.74 Å². The zero-order valence-electron chi connectivity index (χ0n) is 10.1. The maximum atomic E-state index is 11.6. The lowest BCUT2D eigenvalue weighted by Gasteiger charge is -2.13. The lowest BCUT2D eigenvalue weighted by atomic mass is 10.2. The van der Waals surface area contributed by atoms with Crippen molar-refractivity contribution in [1.29, 1.82) is 0 Å². The molecule has 1 aliphatic heterocycles. The van der Waals surface area contributed by atoms with Gasteiger partial charge in [-0.2, -0.15) is 11.8 Å². The first-order chi connectivity index (χ1) is 8.06. The van der Waals surface area contributed by atoms with Gasteiger partial charge in [0.25, 0.3) is 0 Å². The summed E-state index contributed by atoms with van der Waals surface area (Å²) in [5.74, 6) is 0.0218. The molecular weight excluding hydrogens is 242 g/mol. The molecule has 17 heavy (non-hydrogen) atoms. The summed E-state index contributed by atoms with van der Waals surface area (Å²) in [6.45, 7) is 2.29. The second-order valence-corrected chi connectivity index (χ2v) is 5.01. The van der Waals surface area contributed by atoms with E-state index in [4.69, 9.17) is 0 Å². The number of rotatable bonds is 5. The van der Waals surface area contributed by atoms with Crippen LogP contribution in [0.2, 0.25) is 0 Å². The zero-order chi connectivity index (χ0) is 12.8. The van der Waals surface area contributed by atoms with Crippen LogP contribution in [0.3, 0.4) is 0 Å². The highest BCUT2D eigenvalue weighted by atomic mass is 32.2. The van der Waals surface area contributed by atoms with E-state index in [1.54, 1.807) is 6.92 Å². The van der Waals surface area contributed by atoms with Crippen molar-refractivity contribution in [3.63, 3.8) is 0 Å². The molecular formula is C11H17NO4S. The van der Waals surface area contributed by atoms with Crippen molar-refractivity contribution in [1.82, 2.24) is 4.90 Å². The van der Waals surface area contributed by atoms with Crippen LogP contribution >= 0.6 is 11.8 Å². The Bertz CT molecular complexity index is 319. The SMILES string of the molecule is COC(=O)C(C)CSCC(=O)N1CCCC1=O. The Labute approximate surface area is 105 Å². The van der Waals surface area contributed by atoms with Crippen LogP contribution in [0.25, 0.3) is 0 Å². The number of nitrogens with zero attached hydrogens (tertiary/aromatic N) is 1. The molecule has 0 bridgehead atoms. The van der Waals surface area contributed by atoms with Gasteiger partial charge in [0.05, 0.1) is 18.8 Å². The van der Waals surface area contributed by atoms with E-state index in [0.29, 0.717) is 18.7 Å². The molecule has 0 aromatic carbocycles. The summed E-state index contributed by atoms with van der Waals surface area (Å²) in [5.41, 5.74) is 0. The van der Waals surface area contributed by atoms with Gasteiger partial charge in [-0.3, -0.25) is 19.3 Å². The van der Waals surface area contributed by atoms with Crippen LogP contribution in [-0.2, 0) is 19.1 Å². The summed E-state index contributed by atoms with van der Waals surface area (Å²) in [6, 6.07) is 0. The Morgan fingerprint density at radius 3 is 2.76 bits per heavy atom. The van der Waals surface area contributed by atoms with E-state index in [-0.39, 0.29) is 29.5 Å².